The number of nitrogens with one attached hydrogen (secondary N) is 1. The van der Waals surface area contributed by atoms with Crippen molar-refractivity contribution in [1.82, 2.24) is 4.98 Å². The van der Waals surface area contributed by atoms with Gasteiger partial charge in [-0.05, 0) is 43.3 Å². The van der Waals surface area contributed by atoms with Crippen LogP contribution in [0.25, 0.3) is 10.9 Å². The number of amides is 1. The quantitative estimate of drug-likeness (QED) is 0.601. The minimum Gasteiger partial charge on any atom is -0.494 e. The highest BCUT2D eigenvalue weighted by atomic mass is 32.2. The molecule has 4 rings (SSSR count). The lowest BCUT2D eigenvalue weighted by molar-refractivity contribution is -0.113. The van der Waals surface area contributed by atoms with Crippen LogP contribution in [0.15, 0.2) is 47.5 Å². The van der Waals surface area contributed by atoms with E-state index in [4.69, 9.17) is 14.2 Å². The molecule has 1 aliphatic rings. The van der Waals surface area contributed by atoms with Crippen molar-refractivity contribution in [2.75, 3.05) is 30.9 Å². The van der Waals surface area contributed by atoms with Gasteiger partial charge < -0.3 is 19.5 Å². The van der Waals surface area contributed by atoms with Crippen LogP contribution in [0.1, 0.15) is 12.5 Å². The third-order valence-corrected chi connectivity index (χ3v) is 5.34. The van der Waals surface area contributed by atoms with E-state index in [9.17, 15) is 10.1 Å². The van der Waals surface area contributed by atoms with E-state index in [-0.39, 0.29) is 11.7 Å². The highest BCUT2D eigenvalue weighted by Gasteiger charge is 2.14. The van der Waals surface area contributed by atoms with E-state index in [1.807, 2.05) is 25.1 Å². The summed E-state index contributed by atoms with van der Waals surface area (Å²) in [6, 6.07) is 14.7. The number of aromatic nitrogens is 1. The minimum absolute atomic E-state index is 0.124. The Bertz CT molecular complexity index is 1140. The zero-order chi connectivity index (χ0) is 20.9. The fraction of sp³-hybridized carbons (Fsp3) is 0.227. The Hall–Kier alpha value is -3.44. The molecule has 1 aliphatic heterocycles. The molecular weight excluding hydrogens is 402 g/mol. The van der Waals surface area contributed by atoms with E-state index in [0.717, 1.165) is 16.7 Å². The maximum absolute atomic E-state index is 12.4. The number of benzene rings is 2. The number of anilines is 1. The summed E-state index contributed by atoms with van der Waals surface area (Å²) in [5.74, 6) is 1.93. The molecule has 0 unspecified atom stereocenters. The number of hydrogen-bond acceptors (Lipinski definition) is 7. The van der Waals surface area contributed by atoms with Gasteiger partial charge in [-0.15, -0.1) is 0 Å². The van der Waals surface area contributed by atoms with Crippen LogP contribution >= 0.6 is 11.8 Å². The van der Waals surface area contributed by atoms with E-state index in [1.165, 1.54) is 11.8 Å². The van der Waals surface area contributed by atoms with Gasteiger partial charge in [0.05, 0.1) is 23.4 Å². The molecule has 2 heterocycles. The maximum atomic E-state index is 12.4. The molecule has 0 saturated heterocycles. The summed E-state index contributed by atoms with van der Waals surface area (Å²) in [6.45, 7) is 3.48. The standard InChI is InChI=1S/C22H19N3O4S/c1-2-27-17-4-5-18-14(10-17)9-15(12-23)22(25-18)30-13-21(26)24-16-3-6-19-20(11-16)29-8-7-28-19/h3-6,9-11H,2,7-8,13H2,1H3,(H,24,26). The van der Waals surface area contributed by atoms with Gasteiger partial charge in [-0.25, -0.2) is 4.98 Å². The van der Waals surface area contributed by atoms with Crippen molar-refractivity contribution < 1.29 is 19.0 Å². The van der Waals surface area contributed by atoms with Crippen molar-refractivity contribution in [1.29, 1.82) is 5.26 Å². The van der Waals surface area contributed by atoms with Crippen LogP contribution in [0.3, 0.4) is 0 Å². The maximum Gasteiger partial charge on any atom is 0.234 e. The number of carbonyl (C=O) groups is 1. The van der Waals surface area contributed by atoms with Crippen LogP contribution in [0.4, 0.5) is 5.69 Å². The smallest absolute Gasteiger partial charge is 0.234 e. The van der Waals surface area contributed by atoms with Gasteiger partial charge >= 0.3 is 0 Å². The SMILES string of the molecule is CCOc1ccc2nc(SCC(=O)Nc3ccc4c(c3)OCCO4)c(C#N)cc2c1. The molecule has 0 spiro atoms. The summed E-state index contributed by atoms with van der Waals surface area (Å²) in [6.07, 6.45) is 0. The Kier molecular flexibility index (Phi) is 5.91. The average molecular weight is 421 g/mol. The molecule has 30 heavy (non-hydrogen) atoms. The van der Waals surface area contributed by atoms with Gasteiger partial charge in [0.2, 0.25) is 5.91 Å². The monoisotopic (exact) mass is 421 g/mol. The van der Waals surface area contributed by atoms with E-state index in [1.54, 1.807) is 24.3 Å². The average Bonchev–Trinajstić information content (AvgIpc) is 2.77. The van der Waals surface area contributed by atoms with Crippen LogP contribution in [-0.2, 0) is 4.79 Å². The highest BCUT2D eigenvalue weighted by Crippen LogP contribution is 2.33. The number of pyridine rings is 1. The van der Waals surface area contributed by atoms with Crippen LogP contribution < -0.4 is 19.5 Å². The van der Waals surface area contributed by atoms with Crippen LogP contribution in [0.5, 0.6) is 17.2 Å². The molecule has 0 fully saturated rings. The number of ether oxygens (including phenoxy) is 3. The van der Waals surface area contributed by atoms with E-state index >= 15 is 0 Å². The predicted octanol–water partition coefficient (Wildman–Crippen LogP) is 4.01. The molecule has 0 aliphatic carbocycles. The van der Waals surface area contributed by atoms with Crippen molar-refractivity contribution in [2.24, 2.45) is 0 Å². The molecule has 1 N–H and O–H groups in total. The van der Waals surface area contributed by atoms with Crippen LogP contribution in [0, 0.1) is 11.3 Å². The molecule has 0 bridgehead atoms. The third kappa shape index (κ3) is 4.42. The summed E-state index contributed by atoms with van der Waals surface area (Å²) in [4.78, 5) is 17.0. The molecule has 1 amide bonds. The Morgan fingerprint density at radius 1 is 1.20 bits per heavy atom. The Morgan fingerprint density at radius 3 is 2.83 bits per heavy atom. The normalized spacial score (nSPS) is 12.3. The van der Waals surface area contributed by atoms with Gasteiger partial charge in [0, 0.05) is 17.1 Å². The van der Waals surface area contributed by atoms with Gasteiger partial charge in [-0.2, -0.15) is 5.26 Å². The van der Waals surface area contributed by atoms with Gasteiger partial charge in [0.25, 0.3) is 0 Å². The second kappa shape index (κ2) is 8.93. The van der Waals surface area contributed by atoms with Crippen molar-refractivity contribution in [3.05, 3.63) is 48.0 Å². The molecular formula is C22H19N3O4S. The van der Waals surface area contributed by atoms with Gasteiger partial charge in [-0.3, -0.25) is 4.79 Å². The highest BCUT2D eigenvalue weighted by molar-refractivity contribution is 8.00. The first-order valence-corrected chi connectivity index (χ1v) is 10.4. The largest absolute Gasteiger partial charge is 0.494 e. The lowest BCUT2D eigenvalue weighted by Gasteiger charge is -2.19. The molecule has 3 aromatic rings. The first-order valence-electron chi connectivity index (χ1n) is 9.46. The summed E-state index contributed by atoms with van der Waals surface area (Å²) in [5.41, 5.74) is 1.79. The number of nitrogens with zero attached hydrogens (tertiary/aromatic N) is 2. The van der Waals surface area contributed by atoms with Crippen molar-refractivity contribution >= 4 is 34.3 Å². The number of fused-ring (bicyclic) bond motifs is 2. The molecule has 8 heteroatoms. The van der Waals surface area contributed by atoms with E-state index in [0.29, 0.717) is 47.6 Å². The first-order chi connectivity index (χ1) is 14.7. The van der Waals surface area contributed by atoms with Gasteiger partial charge in [0.1, 0.15) is 30.1 Å². The zero-order valence-corrected chi connectivity index (χ0v) is 17.1. The number of hydrogen-bond donors (Lipinski definition) is 1. The lowest BCUT2D eigenvalue weighted by Crippen LogP contribution is -2.17. The summed E-state index contributed by atoms with van der Waals surface area (Å²) >= 11 is 1.22. The molecule has 1 aromatic heterocycles. The minimum atomic E-state index is -0.200. The molecule has 0 saturated carbocycles. The van der Waals surface area contributed by atoms with E-state index < -0.39 is 0 Å². The molecule has 0 radical (unpaired) electrons. The fourth-order valence-corrected chi connectivity index (χ4v) is 3.80. The van der Waals surface area contributed by atoms with Crippen molar-refractivity contribution in [3.8, 4) is 23.3 Å². The molecule has 0 atom stereocenters. The van der Waals surface area contributed by atoms with Gasteiger partial charge in [0.15, 0.2) is 11.5 Å². The number of rotatable bonds is 6. The topological polar surface area (TPSA) is 93.5 Å². The van der Waals surface area contributed by atoms with Crippen molar-refractivity contribution in [3.63, 3.8) is 0 Å². The van der Waals surface area contributed by atoms with Crippen molar-refractivity contribution in [2.45, 2.75) is 11.9 Å². The third-order valence-electron chi connectivity index (χ3n) is 4.35. The zero-order valence-electron chi connectivity index (χ0n) is 16.3. The van der Waals surface area contributed by atoms with Crippen LogP contribution in [0.2, 0.25) is 0 Å². The Morgan fingerprint density at radius 2 is 2.03 bits per heavy atom. The molecule has 2 aromatic carbocycles. The number of nitriles is 1. The van der Waals surface area contributed by atoms with Gasteiger partial charge in [-0.1, -0.05) is 11.8 Å². The summed E-state index contributed by atoms with van der Waals surface area (Å²) in [5, 5.41) is 13.7. The Balaban J connectivity index is 1.45. The second-order valence-corrected chi connectivity index (χ2v) is 7.40. The lowest BCUT2D eigenvalue weighted by atomic mass is 10.1. The Labute approximate surface area is 178 Å². The first kappa shape index (κ1) is 19.9. The second-order valence-electron chi connectivity index (χ2n) is 6.44. The predicted molar refractivity (Wildman–Crippen MR) is 114 cm³/mol. The fourth-order valence-electron chi connectivity index (χ4n) is 3.04. The van der Waals surface area contributed by atoms with E-state index in [2.05, 4.69) is 16.4 Å². The number of thioether (sulfide) groups is 1. The summed E-state index contributed by atoms with van der Waals surface area (Å²) in [7, 11) is 0. The summed E-state index contributed by atoms with van der Waals surface area (Å²) < 4.78 is 16.5. The number of carbonyl (C=O) groups excluding carboxylic acids is 1. The molecule has 7 nitrogen and oxygen atoms in total. The van der Waals surface area contributed by atoms with Crippen LogP contribution in [-0.4, -0.2) is 36.5 Å². The molecule has 152 valence electrons.